The molecule has 7 heteroatoms. The van der Waals surface area contributed by atoms with Gasteiger partial charge in [0.05, 0.1) is 12.2 Å². The van der Waals surface area contributed by atoms with Crippen LogP contribution in [0.3, 0.4) is 0 Å². The molecule has 0 aliphatic carbocycles. The molecule has 2 rings (SSSR count). The number of carbonyl (C=O) groups excluding carboxylic acids is 1. The van der Waals surface area contributed by atoms with Gasteiger partial charge in [0.1, 0.15) is 5.75 Å². The van der Waals surface area contributed by atoms with Crippen LogP contribution in [0.15, 0.2) is 46.9 Å². The maximum atomic E-state index is 12.5. The van der Waals surface area contributed by atoms with E-state index in [1.165, 1.54) is 0 Å². The second kappa shape index (κ2) is 9.75. The Morgan fingerprint density at radius 3 is 2.76 bits per heavy atom. The Hall–Kier alpha value is -1.63. The molecule has 0 aliphatic heterocycles. The number of halogens is 2. The molecule has 132 valence electrons. The van der Waals surface area contributed by atoms with Gasteiger partial charge in [-0.15, -0.1) is 0 Å². The number of carbonyl (C=O) groups is 1. The van der Waals surface area contributed by atoms with E-state index in [1.54, 1.807) is 18.2 Å². The van der Waals surface area contributed by atoms with Crippen molar-refractivity contribution in [3.63, 3.8) is 0 Å². The Morgan fingerprint density at radius 1 is 1.28 bits per heavy atom. The van der Waals surface area contributed by atoms with E-state index >= 15 is 0 Å². The Balaban J connectivity index is 2.00. The largest absolute Gasteiger partial charge is 0.493 e. The Labute approximate surface area is 166 Å². The zero-order valence-electron chi connectivity index (χ0n) is 13.6. The summed E-state index contributed by atoms with van der Waals surface area (Å²) >= 11 is 14.7. The van der Waals surface area contributed by atoms with Crippen LogP contribution in [0.25, 0.3) is 0 Å². The molecule has 1 amide bonds. The Morgan fingerprint density at radius 2 is 2.04 bits per heavy atom. The van der Waals surface area contributed by atoms with Crippen LogP contribution in [0.4, 0.5) is 0 Å². The molecule has 0 radical (unpaired) electrons. The standard InChI is InChI=1S/C18H18BrClN2O2S/c1-2-9-24-16-8-7-13(19)10-14(16)17(23)22-18(25)21-11-12-5-3-4-6-15(12)20/h3-8,10H,2,9,11H2,1H3,(H2,21,22,23,25). The fourth-order valence-electron chi connectivity index (χ4n) is 2.05. The first-order valence-electron chi connectivity index (χ1n) is 7.76. The Kier molecular flexibility index (Phi) is 7.68. The molecule has 0 atom stereocenters. The number of hydrogen-bond donors (Lipinski definition) is 2. The molecule has 0 aliphatic rings. The van der Waals surface area contributed by atoms with Gasteiger partial charge in [-0.05, 0) is 48.5 Å². The molecule has 2 N–H and O–H groups in total. The maximum absolute atomic E-state index is 12.5. The SMILES string of the molecule is CCCOc1ccc(Br)cc1C(=O)NC(=S)NCc1ccccc1Cl. The van der Waals surface area contributed by atoms with Crippen molar-refractivity contribution >= 4 is 50.8 Å². The van der Waals surface area contributed by atoms with Gasteiger partial charge in [0, 0.05) is 16.0 Å². The molecule has 0 fully saturated rings. The van der Waals surface area contributed by atoms with E-state index in [1.807, 2.05) is 31.2 Å². The zero-order chi connectivity index (χ0) is 18.2. The van der Waals surface area contributed by atoms with Gasteiger partial charge in [-0.3, -0.25) is 10.1 Å². The van der Waals surface area contributed by atoms with E-state index in [0.717, 1.165) is 16.5 Å². The third-order valence-corrected chi connectivity index (χ3v) is 4.38. The fourth-order valence-corrected chi connectivity index (χ4v) is 2.78. The molecule has 0 unspecified atom stereocenters. The molecule has 4 nitrogen and oxygen atoms in total. The smallest absolute Gasteiger partial charge is 0.261 e. The van der Waals surface area contributed by atoms with Crippen molar-refractivity contribution in [2.24, 2.45) is 0 Å². The second-order valence-corrected chi connectivity index (χ2v) is 6.95. The molecule has 0 saturated carbocycles. The summed E-state index contributed by atoms with van der Waals surface area (Å²) in [4.78, 5) is 12.5. The van der Waals surface area contributed by atoms with Gasteiger partial charge in [-0.25, -0.2) is 0 Å². The van der Waals surface area contributed by atoms with Crippen LogP contribution in [-0.4, -0.2) is 17.6 Å². The third kappa shape index (κ3) is 5.99. The van der Waals surface area contributed by atoms with Crippen molar-refractivity contribution in [3.05, 3.63) is 63.1 Å². The minimum Gasteiger partial charge on any atom is -0.493 e. The quantitative estimate of drug-likeness (QED) is 0.638. The average molecular weight is 442 g/mol. The molecule has 2 aromatic rings. The summed E-state index contributed by atoms with van der Waals surface area (Å²) in [7, 11) is 0. The lowest BCUT2D eigenvalue weighted by Crippen LogP contribution is -2.39. The normalized spacial score (nSPS) is 10.2. The first-order chi connectivity index (χ1) is 12.0. The molecule has 25 heavy (non-hydrogen) atoms. The van der Waals surface area contributed by atoms with E-state index in [9.17, 15) is 4.79 Å². The van der Waals surface area contributed by atoms with Crippen molar-refractivity contribution in [1.82, 2.24) is 10.6 Å². The summed E-state index contributed by atoms with van der Waals surface area (Å²) in [6.45, 7) is 2.97. The van der Waals surface area contributed by atoms with Crippen molar-refractivity contribution in [1.29, 1.82) is 0 Å². The minimum absolute atomic E-state index is 0.228. The van der Waals surface area contributed by atoms with Crippen LogP contribution >= 0.6 is 39.7 Å². The molecule has 0 saturated heterocycles. The highest BCUT2D eigenvalue weighted by atomic mass is 79.9. The first-order valence-corrected chi connectivity index (χ1v) is 9.34. The van der Waals surface area contributed by atoms with E-state index < -0.39 is 0 Å². The lowest BCUT2D eigenvalue weighted by Gasteiger charge is -2.13. The number of nitrogens with one attached hydrogen (secondary N) is 2. The average Bonchev–Trinajstić information content (AvgIpc) is 2.60. The number of ether oxygens (including phenoxy) is 1. The van der Waals surface area contributed by atoms with Crippen molar-refractivity contribution in [2.75, 3.05) is 6.61 Å². The summed E-state index contributed by atoms with van der Waals surface area (Å²) < 4.78 is 6.41. The maximum Gasteiger partial charge on any atom is 0.261 e. The van der Waals surface area contributed by atoms with Crippen LogP contribution in [0.5, 0.6) is 5.75 Å². The number of benzene rings is 2. The lowest BCUT2D eigenvalue weighted by atomic mass is 10.2. The zero-order valence-corrected chi connectivity index (χ0v) is 16.8. The number of thiocarbonyl (C=S) groups is 1. The Bertz CT molecular complexity index is 770. The van der Waals surface area contributed by atoms with Crippen molar-refractivity contribution in [2.45, 2.75) is 19.9 Å². The molecular weight excluding hydrogens is 424 g/mol. The highest BCUT2D eigenvalue weighted by Gasteiger charge is 2.15. The summed E-state index contributed by atoms with van der Waals surface area (Å²) in [5.41, 5.74) is 1.32. The fraction of sp³-hybridized carbons (Fsp3) is 0.222. The van der Waals surface area contributed by atoms with Gasteiger partial charge in [0.15, 0.2) is 5.11 Å². The molecular formula is C18H18BrClN2O2S. The topological polar surface area (TPSA) is 50.4 Å². The highest BCUT2D eigenvalue weighted by molar-refractivity contribution is 9.10. The number of amides is 1. The van der Waals surface area contributed by atoms with Gasteiger partial charge in [0.2, 0.25) is 0 Å². The lowest BCUT2D eigenvalue weighted by molar-refractivity contribution is 0.0972. The molecule has 0 aromatic heterocycles. The van der Waals surface area contributed by atoms with Crippen LogP contribution in [0.2, 0.25) is 5.02 Å². The highest BCUT2D eigenvalue weighted by Crippen LogP contribution is 2.23. The van der Waals surface area contributed by atoms with E-state index in [4.69, 9.17) is 28.6 Å². The van der Waals surface area contributed by atoms with Gasteiger partial charge in [-0.2, -0.15) is 0 Å². The monoisotopic (exact) mass is 440 g/mol. The minimum atomic E-state index is -0.330. The summed E-state index contributed by atoms with van der Waals surface area (Å²) in [6.07, 6.45) is 0.856. The summed E-state index contributed by atoms with van der Waals surface area (Å²) in [6, 6.07) is 12.7. The predicted molar refractivity (Wildman–Crippen MR) is 108 cm³/mol. The van der Waals surface area contributed by atoms with Gasteiger partial charge >= 0.3 is 0 Å². The number of hydrogen-bond acceptors (Lipinski definition) is 3. The van der Waals surface area contributed by atoms with Crippen LogP contribution < -0.4 is 15.4 Å². The number of rotatable bonds is 6. The van der Waals surface area contributed by atoms with Gasteiger partial charge in [0.25, 0.3) is 5.91 Å². The third-order valence-electron chi connectivity index (χ3n) is 3.27. The summed E-state index contributed by atoms with van der Waals surface area (Å²) in [5.74, 6) is 0.195. The molecule has 0 bridgehead atoms. The second-order valence-electron chi connectivity index (χ2n) is 5.22. The van der Waals surface area contributed by atoms with E-state index in [0.29, 0.717) is 29.5 Å². The van der Waals surface area contributed by atoms with Gasteiger partial charge in [-0.1, -0.05) is 52.7 Å². The predicted octanol–water partition coefficient (Wildman–Crippen LogP) is 4.70. The van der Waals surface area contributed by atoms with Crippen LogP contribution in [0, 0.1) is 0 Å². The van der Waals surface area contributed by atoms with Gasteiger partial charge < -0.3 is 10.1 Å². The molecule has 0 heterocycles. The van der Waals surface area contributed by atoms with Crippen molar-refractivity contribution < 1.29 is 9.53 Å². The molecule has 2 aromatic carbocycles. The molecule has 0 spiro atoms. The van der Waals surface area contributed by atoms with E-state index in [-0.39, 0.29) is 11.0 Å². The van der Waals surface area contributed by atoms with Crippen LogP contribution in [-0.2, 0) is 6.54 Å². The van der Waals surface area contributed by atoms with E-state index in [2.05, 4.69) is 26.6 Å². The van der Waals surface area contributed by atoms with Crippen molar-refractivity contribution in [3.8, 4) is 5.75 Å². The van der Waals surface area contributed by atoms with Crippen LogP contribution in [0.1, 0.15) is 29.3 Å². The summed E-state index contributed by atoms with van der Waals surface area (Å²) in [5, 5.41) is 6.52. The first kappa shape index (κ1) is 19.7.